The molecule has 2 aromatic heterocycles. The molecule has 0 atom stereocenters. The molecule has 0 unspecified atom stereocenters. The van der Waals surface area contributed by atoms with E-state index in [2.05, 4.69) is 10.4 Å². The molecule has 0 fully saturated rings. The summed E-state index contributed by atoms with van der Waals surface area (Å²) in [6.45, 7) is 1.90. The van der Waals surface area contributed by atoms with Crippen molar-refractivity contribution in [2.45, 2.75) is 6.92 Å². The molecule has 0 radical (unpaired) electrons. The fraction of sp³-hybridized carbons (Fsp3) is 0.0476. The number of primary amides is 1. The molecule has 4 rings (SSSR count). The lowest BCUT2D eigenvalue weighted by Gasteiger charge is -2.21. The van der Waals surface area contributed by atoms with Crippen LogP contribution in [-0.4, -0.2) is 11.0 Å². The van der Waals surface area contributed by atoms with Gasteiger partial charge in [0.25, 0.3) is 0 Å². The minimum absolute atomic E-state index is 0.505. The van der Waals surface area contributed by atoms with E-state index in [4.69, 9.17) is 23.1 Å². The molecule has 4 N–H and O–H groups in total. The van der Waals surface area contributed by atoms with Crippen molar-refractivity contribution >= 4 is 56.2 Å². The first-order chi connectivity index (χ1) is 13.5. The number of carbonyl (C=O) groups excluding carboxylic acids is 1. The van der Waals surface area contributed by atoms with Gasteiger partial charge in [-0.2, -0.15) is 0 Å². The third-order valence-corrected chi connectivity index (χ3v) is 5.94. The van der Waals surface area contributed by atoms with Gasteiger partial charge < -0.3 is 11.5 Å². The molecule has 0 spiro atoms. The van der Waals surface area contributed by atoms with Crippen LogP contribution in [0.1, 0.15) is 5.56 Å². The molecule has 0 aliphatic carbocycles. The number of aromatic nitrogens is 1. The molecule has 140 valence electrons. The maximum Gasteiger partial charge on any atom is 0.323 e. The van der Waals surface area contributed by atoms with Crippen molar-refractivity contribution in [2.24, 2.45) is 5.73 Å². The topological polar surface area (TPSA) is 85.2 Å². The number of benzene rings is 2. The fourth-order valence-corrected chi connectivity index (χ4v) is 4.28. The van der Waals surface area contributed by atoms with Crippen LogP contribution in [0, 0.1) is 6.92 Å². The van der Waals surface area contributed by atoms with Gasteiger partial charge in [-0.05, 0) is 53.8 Å². The maximum atomic E-state index is 12.1. The van der Waals surface area contributed by atoms with Crippen LogP contribution in [-0.2, 0) is 0 Å². The lowest BCUT2D eigenvalue weighted by atomic mass is 10.0. The second-order valence-electron chi connectivity index (χ2n) is 6.37. The van der Waals surface area contributed by atoms with E-state index in [1.54, 1.807) is 23.6 Å². The molecule has 0 saturated heterocycles. The number of nitrogens with two attached hydrogens (primary N) is 2. The van der Waals surface area contributed by atoms with Crippen molar-refractivity contribution in [2.75, 3.05) is 10.6 Å². The summed E-state index contributed by atoms with van der Waals surface area (Å²) in [6.07, 6.45) is 1.71. The van der Waals surface area contributed by atoms with Gasteiger partial charge in [0.05, 0.1) is 11.4 Å². The van der Waals surface area contributed by atoms with E-state index < -0.39 is 6.03 Å². The van der Waals surface area contributed by atoms with Gasteiger partial charge in [0.15, 0.2) is 0 Å². The summed E-state index contributed by atoms with van der Waals surface area (Å²) < 4.78 is 1.08. The maximum absolute atomic E-state index is 12.1. The molecule has 2 heterocycles. The highest BCUT2D eigenvalue weighted by atomic mass is 35.5. The SMILES string of the molecule is Cc1ccc(N(C(N)=O)c2ccc(-c3csc4ccnc(N)c34)cc2)cc1Cl. The van der Waals surface area contributed by atoms with Crippen molar-refractivity contribution in [3.05, 3.63) is 70.7 Å². The molecule has 28 heavy (non-hydrogen) atoms. The number of fused-ring (bicyclic) bond motifs is 1. The Bertz CT molecular complexity index is 1190. The molecule has 5 nitrogen and oxygen atoms in total. The van der Waals surface area contributed by atoms with Crippen molar-refractivity contribution in [3.8, 4) is 11.1 Å². The summed E-state index contributed by atoms with van der Waals surface area (Å²) in [4.78, 5) is 17.7. The Morgan fingerprint density at radius 1 is 1.11 bits per heavy atom. The number of urea groups is 1. The van der Waals surface area contributed by atoms with Crippen molar-refractivity contribution in [1.82, 2.24) is 4.98 Å². The number of hydrogen-bond donors (Lipinski definition) is 2. The lowest BCUT2D eigenvalue weighted by Crippen LogP contribution is -2.31. The predicted molar refractivity (Wildman–Crippen MR) is 117 cm³/mol. The number of halogens is 1. The smallest absolute Gasteiger partial charge is 0.323 e. The summed E-state index contributed by atoms with van der Waals surface area (Å²) in [6, 6.07) is 14.4. The molecule has 0 aliphatic rings. The summed E-state index contributed by atoms with van der Waals surface area (Å²) >= 11 is 7.84. The van der Waals surface area contributed by atoms with Gasteiger partial charge in [0, 0.05) is 26.9 Å². The van der Waals surface area contributed by atoms with E-state index in [1.807, 2.05) is 49.4 Å². The summed E-state index contributed by atoms with van der Waals surface area (Å²) in [5.74, 6) is 0.505. The Hall–Kier alpha value is -3.09. The second-order valence-corrected chi connectivity index (χ2v) is 7.69. The Labute approximate surface area is 171 Å². The van der Waals surface area contributed by atoms with E-state index in [9.17, 15) is 4.79 Å². The van der Waals surface area contributed by atoms with Gasteiger partial charge in [0.1, 0.15) is 5.82 Å². The fourth-order valence-electron chi connectivity index (χ4n) is 3.14. The molecule has 4 aromatic rings. The monoisotopic (exact) mass is 408 g/mol. The normalized spacial score (nSPS) is 10.9. The third kappa shape index (κ3) is 3.17. The number of amides is 2. The minimum Gasteiger partial charge on any atom is -0.383 e. The summed E-state index contributed by atoms with van der Waals surface area (Å²) in [5.41, 5.74) is 15.9. The van der Waals surface area contributed by atoms with Crippen LogP contribution < -0.4 is 16.4 Å². The van der Waals surface area contributed by atoms with Gasteiger partial charge >= 0.3 is 6.03 Å². The first-order valence-electron chi connectivity index (χ1n) is 8.53. The minimum atomic E-state index is -0.581. The highest BCUT2D eigenvalue weighted by molar-refractivity contribution is 7.17. The summed E-state index contributed by atoms with van der Waals surface area (Å²) in [5, 5.41) is 3.58. The highest BCUT2D eigenvalue weighted by Crippen LogP contribution is 2.37. The largest absolute Gasteiger partial charge is 0.383 e. The van der Waals surface area contributed by atoms with Crippen molar-refractivity contribution in [3.63, 3.8) is 0 Å². The molecule has 0 aliphatic heterocycles. The Kier molecular flexibility index (Phi) is 4.66. The van der Waals surface area contributed by atoms with E-state index in [0.717, 1.165) is 26.8 Å². The molecule has 2 aromatic carbocycles. The number of pyridine rings is 1. The molecular weight excluding hydrogens is 392 g/mol. The molecular formula is C21H17ClN4OS. The van der Waals surface area contributed by atoms with Crippen LogP contribution >= 0.6 is 22.9 Å². The van der Waals surface area contributed by atoms with E-state index >= 15 is 0 Å². The molecule has 0 saturated carbocycles. The van der Waals surface area contributed by atoms with Crippen molar-refractivity contribution < 1.29 is 4.79 Å². The molecule has 2 amide bonds. The number of nitrogens with zero attached hydrogens (tertiary/aromatic N) is 2. The van der Waals surface area contributed by atoms with Crippen LogP contribution in [0.3, 0.4) is 0 Å². The van der Waals surface area contributed by atoms with Gasteiger partial charge in [-0.15, -0.1) is 11.3 Å². The number of carbonyl (C=O) groups is 1. The second kappa shape index (κ2) is 7.14. The number of thiophene rings is 1. The lowest BCUT2D eigenvalue weighted by molar-refractivity contribution is 0.256. The first-order valence-corrected chi connectivity index (χ1v) is 9.79. The number of rotatable bonds is 3. The zero-order valence-corrected chi connectivity index (χ0v) is 16.6. The average molecular weight is 409 g/mol. The van der Waals surface area contributed by atoms with Gasteiger partial charge in [-0.25, -0.2) is 9.78 Å². The predicted octanol–water partition coefficient (Wildman–Crippen LogP) is 5.72. The summed E-state index contributed by atoms with van der Waals surface area (Å²) in [7, 11) is 0. The van der Waals surface area contributed by atoms with E-state index in [-0.39, 0.29) is 0 Å². The Balaban J connectivity index is 1.75. The van der Waals surface area contributed by atoms with E-state index in [0.29, 0.717) is 22.2 Å². The van der Waals surface area contributed by atoms with Crippen LogP contribution in [0.25, 0.3) is 21.2 Å². The number of hydrogen-bond acceptors (Lipinski definition) is 4. The zero-order chi connectivity index (χ0) is 19.8. The standard InChI is InChI=1S/C21H17ClN4OS/c1-12-2-5-15(10-17(12)22)26(21(24)27)14-6-3-13(4-7-14)16-11-28-18-8-9-25-20(23)19(16)18/h2-11H,1H3,(H2,23,25)(H2,24,27). The Morgan fingerprint density at radius 3 is 2.50 bits per heavy atom. The van der Waals surface area contributed by atoms with Crippen LogP contribution in [0.4, 0.5) is 22.0 Å². The van der Waals surface area contributed by atoms with Crippen LogP contribution in [0.15, 0.2) is 60.1 Å². The van der Waals surface area contributed by atoms with Crippen LogP contribution in [0.5, 0.6) is 0 Å². The highest BCUT2D eigenvalue weighted by Gasteiger charge is 2.17. The van der Waals surface area contributed by atoms with Gasteiger partial charge in [-0.3, -0.25) is 4.90 Å². The van der Waals surface area contributed by atoms with Crippen LogP contribution in [0.2, 0.25) is 5.02 Å². The number of aryl methyl sites for hydroxylation is 1. The first kappa shape index (κ1) is 18.3. The third-order valence-electron chi connectivity index (χ3n) is 4.59. The Morgan fingerprint density at radius 2 is 1.82 bits per heavy atom. The molecule has 7 heteroatoms. The van der Waals surface area contributed by atoms with Gasteiger partial charge in [0.2, 0.25) is 0 Å². The quantitative estimate of drug-likeness (QED) is 0.454. The van der Waals surface area contributed by atoms with Crippen molar-refractivity contribution in [1.29, 1.82) is 0 Å². The zero-order valence-electron chi connectivity index (χ0n) is 15.0. The number of nitrogen functional groups attached to an aromatic ring is 1. The van der Waals surface area contributed by atoms with E-state index in [1.165, 1.54) is 4.90 Å². The van der Waals surface area contributed by atoms with Gasteiger partial charge in [-0.1, -0.05) is 29.8 Å². The number of anilines is 3. The average Bonchev–Trinajstić information content (AvgIpc) is 3.11. The molecule has 0 bridgehead atoms.